The smallest absolute Gasteiger partial charge is 0.341 e. The maximum Gasteiger partial charge on any atom is 0.341 e. The summed E-state index contributed by atoms with van der Waals surface area (Å²) in [5.74, 6) is -0.760. The fraction of sp³-hybridized carbons (Fsp3) is 0.478. The van der Waals surface area contributed by atoms with Gasteiger partial charge in [-0.1, -0.05) is 13.8 Å². The summed E-state index contributed by atoms with van der Waals surface area (Å²) < 4.78 is 4.85. The van der Waals surface area contributed by atoms with Crippen LogP contribution in [-0.4, -0.2) is 43.2 Å². The van der Waals surface area contributed by atoms with Crippen LogP contribution in [0, 0.1) is 12.8 Å². The number of thiophene rings is 1. The highest BCUT2D eigenvalue weighted by Crippen LogP contribution is 2.38. The van der Waals surface area contributed by atoms with Crippen LogP contribution < -0.4 is 4.90 Å². The Hall–Kier alpha value is -2.58. The first-order valence-corrected chi connectivity index (χ1v) is 11.3. The summed E-state index contributed by atoms with van der Waals surface area (Å²) >= 11 is 1.15. The van der Waals surface area contributed by atoms with Gasteiger partial charge in [-0.15, -0.1) is 21.6 Å². The highest BCUT2D eigenvalue weighted by molar-refractivity contribution is 7.18. The number of ketones is 1. The van der Waals surface area contributed by atoms with Gasteiger partial charge in [0.1, 0.15) is 0 Å². The third-order valence-electron chi connectivity index (χ3n) is 5.54. The van der Waals surface area contributed by atoms with Crippen molar-refractivity contribution in [1.82, 2.24) is 0 Å². The Balaban J connectivity index is 1.97. The van der Waals surface area contributed by atoms with Crippen molar-refractivity contribution in [3.63, 3.8) is 0 Å². The van der Waals surface area contributed by atoms with Crippen LogP contribution in [0.5, 0.6) is 0 Å². The molecular formula is C23H29N3O4S. The fourth-order valence-corrected chi connectivity index (χ4v) is 4.78. The van der Waals surface area contributed by atoms with Gasteiger partial charge in [-0.25, -0.2) is 4.79 Å². The number of rotatable bonds is 7. The van der Waals surface area contributed by atoms with Crippen LogP contribution in [0.3, 0.4) is 0 Å². The third kappa shape index (κ3) is 4.85. The summed E-state index contributed by atoms with van der Waals surface area (Å²) in [6, 6.07) is 6.02. The Labute approximate surface area is 186 Å². The van der Waals surface area contributed by atoms with Gasteiger partial charge in [-0.3, -0.25) is 4.79 Å². The molecule has 0 bridgehead atoms. The van der Waals surface area contributed by atoms with Gasteiger partial charge in [-0.05, 0) is 56.0 Å². The number of azo groups is 1. The number of carbonyl (C=O) groups is 2. The number of aryl methyl sites for hydroxylation is 2. The molecule has 1 aliphatic heterocycles. The highest BCUT2D eigenvalue weighted by atomic mass is 32.1. The predicted octanol–water partition coefficient (Wildman–Crippen LogP) is 5.23. The zero-order valence-electron chi connectivity index (χ0n) is 18.6. The van der Waals surface area contributed by atoms with E-state index in [4.69, 9.17) is 4.74 Å². The van der Waals surface area contributed by atoms with Gasteiger partial charge in [0.05, 0.1) is 29.8 Å². The minimum absolute atomic E-state index is 0.0420. The van der Waals surface area contributed by atoms with E-state index >= 15 is 0 Å². The highest BCUT2D eigenvalue weighted by Gasteiger charge is 2.24. The number of aliphatic hydroxyl groups is 1. The van der Waals surface area contributed by atoms with Crippen molar-refractivity contribution in [2.75, 3.05) is 25.2 Å². The largest absolute Gasteiger partial charge is 0.465 e. The Bertz CT molecular complexity index is 1010. The van der Waals surface area contributed by atoms with Gasteiger partial charge in [0, 0.05) is 24.2 Å². The average Bonchev–Trinajstić information content (AvgIpc) is 3.17. The van der Waals surface area contributed by atoms with Crippen molar-refractivity contribution in [1.29, 1.82) is 0 Å². The number of hydrogen-bond donors (Lipinski definition) is 1. The molecule has 1 atom stereocenters. The molecule has 0 fully saturated rings. The average molecular weight is 444 g/mol. The van der Waals surface area contributed by atoms with Crippen LogP contribution in [0.15, 0.2) is 28.4 Å². The number of carbonyl (C=O) groups excluding carboxylic acids is 2. The van der Waals surface area contributed by atoms with Gasteiger partial charge in [0.15, 0.2) is 10.8 Å². The second kappa shape index (κ2) is 9.70. The molecule has 2 aromatic rings. The van der Waals surface area contributed by atoms with Crippen LogP contribution in [0.4, 0.5) is 16.4 Å². The summed E-state index contributed by atoms with van der Waals surface area (Å²) in [4.78, 5) is 27.3. The summed E-state index contributed by atoms with van der Waals surface area (Å²) in [7, 11) is 1.30. The molecule has 166 valence electrons. The van der Waals surface area contributed by atoms with E-state index in [1.807, 2.05) is 26.8 Å². The maximum atomic E-state index is 12.4. The Morgan fingerprint density at radius 3 is 2.68 bits per heavy atom. The van der Waals surface area contributed by atoms with E-state index in [-0.39, 0.29) is 23.9 Å². The normalized spacial score (nSPS) is 16.1. The maximum absolute atomic E-state index is 12.4. The predicted molar refractivity (Wildman–Crippen MR) is 122 cm³/mol. The Morgan fingerprint density at radius 2 is 2.03 bits per heavy atom. The lowest BCUT2D eigenvalue weighted by Crippen LogP contribution is -2.39. The van der Waals surface area contributed by atoms with Crippen LogP contribution in [-0.2, 0) is 11.2 Å². The molecule has 3 rings (SSSR count). The number of esters is 1. The number of benzene rings is 1. The molecule has 0 amide bonds. The number of fused-ring (bicyclic) bond motifs is 1. The van der Waals surface area contributed by atoms with Crippen molar-refractivity contribution in [3.8, 4) is 0 Å². The minimum atomic E-state index is -0.538. The zero-order valence-corrected chi connectivity index (χ0v) is 19.5. The Kier molecular flexibility index (Phi) is 7.23. The van der Waals surface area contributed by atoms with Gasteiger partial charge in [0.2, 0.25) is 0 Å². The van der Waals surface area contributed by atoms with Crippen LogP contribution >= 0.6 is 11.3 Å². The number of nitrogens with zero attached hydrogens (tertiary/aromatic N) is 3. The van der Waals surface area contributed by atoms with Crippen LogP contribution in [0.25, 0.3) is 0 Å². The molecule has 2 heterocycles. The second-order valence-electron chi connectivity index (χ2n) is 8.11. The number of hydrogen-bond acceptors (Lipinski definition) is 8. The quantitative estimate of drug-likeness (QED) is 0.359. The van der Waals surface area contributed by atoms with Crippen molar-refractivity contribution < 1.29 is 19.4 Å². The molecule has 0 radical (unpaired) electrons. The van der Waals surface area contributed by atoms with E-state index in [1.165, 1.54) is 12.7 Å². The van der Waals surface area contributed by atoms with E-state index < -0.39 is 5.97 Å². The van der Waals surface area contributed by atoms with Crippen molar-refractivity contribution in [2.24, 2.45) is 16.1 Å². The van der Waals surface area contributed by atoms with Crippen molar-refractivity contribution in [3.05, 3.63) is 39.8 Å². The van der Waals surface area contributed by atoms with Gasteiger partial charge in [0.25, 0.3) is 0 Å². The molecule has 7 nitrogen and oxygen atoms in total. The molecule has 0 spiro atoms. The number of Topliss-reactive ketones (excluding diaryl/α,β-unsaturated/α-hetero) is 1. The summed E-state index contributed by atoms with van der Waals surface area (Å²) in [5.41, 5.74) is 4.22. The second-order valence-corrected chi connectivity index (χ2v) is 9.14. The number of methoxy groups -OCH3 is 1. The van der Waals surface area contributed by atoms with E-state index in [0.29, 0.717) is 22.5 Å². The SMILES string of the molecule is COC(=O)c1cc(C(=O)C(C)C)sc1N=Nc1cc2c(cc1C)N(CCO)C(C)CC2. The standard InChI is InChI=1S/C23H29N3O4S/c1-13(2)21(28)20-12-17(23(29)30-5)22(31-20)25-24-18-11-16-7-6-15(4)26(8-9-27)19(16)10-14(18)3/h10-13,15,27H,6-9H2,1-5H3. The van der Waals surface area contributed by atoms with Gasteiger partial charge in [-0.2, -0.15) is 0 Å². The molecule has 31 heavy (non-hydrogen) atoms. The lowest BCUT2D eigenvalue weighted by Gasteiger charge is -2.37. The molecule has 1 aromatic carbocycles. The number of ether oxygens (including phenoxy) is 1. The van der Waals surface area contributed by atoms with Crippen molar-refractivity contribution >= 4 is 39.5 Å². The lowest BCUT2D eigenvalue weighted by molar-refractivity contribution is 0.0602. The molecule has 8 heteroatoms. The van der Waals surface area contributed by atoms with E-state index in [1.54, 1.807) is 6.07 Å². The molecule has 1 unspecified atom stereocenters. The van der Waals surface area contributed by atoms with E-state index in [9.17, 15) is 14.7 Å². The summed E-state index contributed by atoms with van der Waals surface area (Å²) in [6.45, 7) is 8.48. The molecular weight excluding hydrogens is 414 g/mol. The number of β-amino-alcohol motifs (C(OH)–C–C–N with tert-alkyl or cyclic N) is 1. The summed E-state index contributed by atoms with van der Waals surface area (Å²) in [5, 5.41) is 18.5. The molecule has 0 aliphatic carbocycles. The first-order valence-electron chi connectivity index (χ1n) is 10.5. The van der Waals surface area contributed by atoms with E-state index in [0.717, 1.165) is 41.1 Å². The van der Waals surface area contributed by atoms with Crippen LogP contribution in [0.2, 0.25) is 0 Å². The first kappa shape index (κ1) is 23.1. The van der Waals surface area contributed by atoms with Gasteiger partial charge < -0.3 is 14.7 Å². The van der Waals surface area contributed by atoms with Crippen LogP contribution in [0.1, 0.15) is 58.3 Å². The lowest BCUT2D eigenvalue weighted by atomic mass is 9.94. The molecule has 1 N–H and O–H groups in total. The third-order valence-corrected chi connectivity index (χ3v) is 6.58. The topological polar surface area (TPSA) is 91.6 Å². The number of aliphatic hydroxyl groups excluding tert-OH is 1. The van der Waals surface area contributed by atoms with Gasteiger partial charge >= 0.3 is 5.97 Å². The van der Waals surface area contributed by atoms with Crippen molar-refractivity contribution in [2.45, 2.75) is 46.6 Å². The first-order chi connectivity index (χ1) is 14.8. The molecule has 0 saturated carbocycles. The Morgan fingerprint density at radius 1 is 1.29 bits per heavy atom. The molecule has 1 aliphatic rings. The summed E-state index contributed by atoms with van der Waals surface area (Å²) in [6.07, 6.45) is 1.94. The molecule has 1 aromatic heterocycles. The number of anilines is 1. The molecule has 0 saturated heterocycles. The fourth-order valence-electron chi connectivity index (χ4n) is 3.72. The monoisotopic (exact) mass is 443 g/mol. The zero-order chi connectivity index (χ0) is 22.7. The van der Waals surface area contributed by atoms with E-state index in [2.05, 4.69) is 28.1 Å². The minimum Gasteiger partial charge on any atom is -0.465 e.